The Hall–Kier alpha value is -1.68. The fourth-order valence-electron chi connectivity index (χ4n) is 1.72. The van der Waals surface area contributed by atoms with Gasteiger partial charge in [-0.1, -0.05) is 37.3 Å². The molecule has 0 aliphatic rings. The molecule has 1 aromatic carbocycles. The largest absolute Gasteiger partial charge is 0.302 e. The van der Waals surface area contributed by atoms with Crippen LogP contribution in [0, 0.1) is 6.92 Å². The molecule has 1 N–H and O–H groups in total. The number of hydrogen-bond acceptors (Lipinski definition) is 3. The van der Waals surface area contributed by atoms with Crippen LogP contribution in [0.2, 0.25) is 0 Å². The average molecular weight is 260 g/mol. The number of thiazole rings is 1. The van der Waals surface area contributed by atoms with Crippen LogP contribution in [0.1, 0.15) is 24.6 Å². The van der Waals surface area contributed by atoms with E-state index < -0.39 is 0 Å². The Labute approximate surface area is 111 Å². The summed E-state index contributed by atoms with van der Waals surface area (Å²) in [6.07, 6.45) is 1.39. The zero-order chi connectivity index (χ0) is 13.0. The Balaban J connectivity index is 2.20. The molecule has 1 heterocycles. The summed E-state index contributed by atoms with van der Waals surface area (Å²) >= 11 is 1.52. The summed E-state index contributed by atoms with van der Waals surface area (Å²) in [5.74, 6) is 0.0332. The molecule has 1 aromatic heterocycles. The molecule has 0 fully saturated rings. The standard InChI is InChI=1S/C14H16N2OS/c1-3-7-12(17)15-14-16-13(10(2)18-14)11-8-5-4-6-9-11/h4-6,8-9H,3,7H2,1-2H3,(H,15,16,17). The lowest BCUT2D eigenvalue weighted by molar-refractivity contribution is -0.116. The van der Waals surface area contributed by atoms with Crippen LogP contribution in [-0.2, 0) is 4.79 Å². The Bertz CT molecular complexity index is 534. The molecule has 2 aromatic rings. The smallest absolute Gasteiger partial charge is 0.226 e. The van der Waals surface area contributed by atoms with E-state index in [1.807, 2.05) is 44.2 Å². The summed E-state index contributed by atoms with van der Waals surface area (Å²) in [6.45, 7) is 4.01. The first-order chi connectivity index (χ1) is 8.70. The van der Waals surface area contributed by atoms with Gasteiger partial charge in [0.15, 0.2) is 5.13 Å². The van der Waals surface area contributed by atoms with E-state index in [4.69, 9.17) is 0 Å². The molecule has 2 rings (SSSR count). The van der Waals surface area contributed by atoms with Crippen molar-refractivity contribution >= 4 is 22.4 Å². The molecule has 0 saturated heterocycles. The lowest BCUT2D eigenvalue weighted by atomic mass is 10.1. The van der Waals surface area contributed by atoms with Crippen LogP contribution in [0.5, 0.6) is 0 Å². The van der Waals surface area contributed by atoms with Gasteiger partial charge in [-0.2, -0.15) is 0 Å². The van der Waals surface area contributed by atoms with Crippen LogP contribution in [-0.4, -0.2) is 10.9 Å². The van der Waals surface area contributed by atoms with E-state index in [-0.39, 0.29) is 5.91 Å². The highest BCUT2D eigenvalue weighted by molar-refractivity contribution is 7.16. The molecule has 0 saturated carbocycles. The molecule has 0 atom stereocenters. The van der Waals surface area contributed by atoms with E-state index in [0.717, 1.165) is 22.6 Å². The maximum Gasteiger partial charge on any atom is 0.226 e. The maximum atomic E-state index is 11.5. The van der Waals surface area contributed by atoms with Crippen LogP contribution >= 0.6 is 11.3 Å². The van der Waals surface area contributed by atoms with E-state index >= 15 is 0 Å². The van der Waals surface area contributed by atoms with E-state index in [2.05, 4.69) is 10.3 Å². The van der Waals surface area contributed by atoms with Crippen LogP contribution in [0.25, 0.3) is 11.3 Å². The number of carbonyl (C=O) groups excluding carboxylic acids is 1. The second kappa shape index (κ2) is 5.78. The molecule has 0 bridgehead atoms. The number of nitrogens with zero attached hydrogens (tertiary/aromatic N) is 1. The number of aromatic nitrogens is 1. The molecule has 0 spiro atoms. The molecule has 94 valence electrons. The Morgan fingerprint density at radius 3 is 2.72 bits per heavy atom. The van der Waals surface area contributed by atoms with Gasteiger partial charge in [-0.15, -0.1) is 11.3 Å². The van der Waals surface area contributed by atoms with Gasteiger partial charge in [0.2, 0.25) is 5.91 Å². The molecule has 3 nitrogen and oxygen atoms in total. The predicted molar refractivity (Wildman–Crippen MR) is 75.8 cm³/mol. The van der Waals surface area contributed by atoms with Gasteiger partial charge >= 0.3 is 0 Å². The minimum absolute atomic E-state index is 0.0332. The lowest BCUT2D eigenvalue weighted by Crippen LogP contribution is -2.10. The maximum absolute atomic E-state index is 11.5. The first kappa shape index (κ1) is 12.8. The van der Waals surface area contributed by atoms with Crippen molar-refractivity contribution in [3.05, 3.63) is 35.2 Å². The average Bonchev–Trinajstić information content (AvgIpc) is 2.71. The van der Waals surface area contributed by atoms with Gasteiger partial charge in [-0.05, 0) is 13.3 Å². The van der Waals surface area contributed by atoms with Gasteiger partial charge in [0.05, 0.1) is 5.69 Å². The van der Waals surface area contributed by atoms with Crippen LogP contribution < -0.4 is 5.32 Å². The van der Waals surface area contributed by atoms with E-state index in [0.29, 0.717) is 11.6 Å². The van der Waals surface area contributed by atoms with E-state index in [1.165, 1.54) is 11.3 Å². The molecule has 1 amide bonds. The zero-order valence-electron chi connectivity index (χ0n) is 10.6. The lowest BCUT2D eigenvalue weighted by Gasteiger charge is -1.98. The molecule has 0 aliphatic carbocycles. The highest BCUT2D eigenvalue weighted by atomic mass is 32.1. The summed E-state index contributed by atoms with van der Waals surface area (Å²) in [4.78, 5) is 17.1. The molecule has 0 aliphatic heterocycles. The fraction of sp³-hybridized carbons (Fsp3) is 0.286. The quantitative estimate of drug-likeness (QED) is 0.907. The van der Waals surface area contributed by atoms with Crippen molar-refractivity contribution in [1.82, 2.24) is 4.98 Å². The Morgan fingerprint density at radius 2 is 2.06 bits per heavy atom. The van der Waals surface area contributed by atoms with Gasteiger partial charge in [0, 0.05) is 16.9 Å². The van der Waals surface area contributed by atoms with Crippen molar-refractivity contribution in [2.75, 3.05) is 5.32 Å². The third-order valence-electron chi connectivity index (χ3n) is 2.57. The predicted octanol–water partition coefficient (Wildman–Crippen LogP) is 3.86. The van der Waals surface area contributed by atoms with Crippen LogP contribution in [0.3, 0.4) is 0 Å². The number of anilines is 1. The third-order valence-corrected chi connectivity index (χ3v) is 3.45. The Morgan fingerprint density at radius 1 is 1.33 bits per heavy atom. The van der Waals surface area contributed by atoms with Gasteiger partial charge in [-0.3, -0.25) is 4.79 Å². The first-order valence-electron chi connectivity index (χ1n) is 6.03. The Kier molecular flexibility index (Phi) is 4.10. The minimum atomic E-state index is 0.0332. The van der Waals surface area contributed by atoms with Crippen molar-refractivity contribution < 1.29 is 4.79 Å². The van der Waals surface area contributed by atoms with E-state index in [1.54, 1.807) is 0 Å². The second-order valence-corrected chi connectivity index (χ2v) is 5.29. The van der Waals surface area contributed by atoms with Crippen molar-refractivity contribution in [2.45, 2.75) is 26.7 Å². The highest BCUT2D eigenvalue weighted by Gasteiger charge is 2.11. The fourth-order valence-corrected chi connectivity index (χ4v) is 2.57. The van der Waals surface area contributed by atoms with Gasteiger partial charge in [0.25, 0.3) is 0 Å². The molecule has 18 heavy (non-hydrogen) atoms. The van der Waals surface area contributed by atoms with Crippen molar-refractivity contribution in [3.8, 4) is 11.3 Å². The number of carbonyl (C=O) groups is 1. The number of rotatable bonds is 4. The third kappa shape index (κ3) is 2.96. The summed E-state index contributed by atoms with van der Waals surface area (Å²) in [6, 6.07) is 10.0. The first-order valence-corrected chi connectivity index (χ1v) is 6.85. The summed E-state index contributed by atoms with van der Waals surface area (Å²) in [5.41, 5.74) is 2.04. The highest BCUT2D eigenvalue weighted by Crippen LogP contribution is 2.30. The minimum Gasteiger partial charge on any atom is -0.302 e. The molecule has 0 radical (unpaired) electrons. The van der Waals surface area contributed by atoms with Crippen molar-refractivity contribution in [2.24, 2.45) is 0 Å². The zero-order valence-corrected chi connectivity index (χ0v) is 11.4. The van der Waals surface area contributed by atoms with Crippen LogP contribution in [0.15, 0.2) is 30.3 Å². The topological polar surface area (TPSA) is 42.0 Å². The number of aryl methyl sites for hydroxylation is 1. The summed E-state index contributed by atoms with van der Waals surface area (Å²) in [5, 5.41) is 3.53. The summed E-state index contributed by atoms with van der Waals surface area (Å²) in [7, 11) is 0. The molecular formula is C14H16N2OS. The number of amides is 1. The molecule has 4 heteroatoms. The SMILES string of the molecule is CCCC(=O)Nc1nc(-c2ccccc2)c(C)s1. The summed E-state index contributed by atoms with van der Waals surface area (Å²) < 4.78 is 0. The molecule has 0 unspecified atom stereocenters. The second-order valence-electron chi connectivity index (χ2n) is 4.09. The van der Waals surface area contributed by atoms with Crippen molar-refractivity contribution in [3.63, 3.8) is 0 Å². The van der Waals surface area contributed by atoms with Crippen molar-refractivity contribution in [1.29, 1.82) is 0 Å². The number of benzene rings is 1. The number of hydrogen-bond donors (Lipinski definition) is 1. The van der Waals surface area contributed by atoms with Gasteiger partial charge < -0.3 is 5.32 Å². The molecular weight excluding hydrogens is 244 g/mol. The van der Waals surface area contributed by atoms with Gasteiger partial charge in [-0.25, -0.2) is 4.98 Å². The van der Waals surface area contributed by atoms with E-state index in [9.17, 15) is 4.79 Å². The normalized spacial score (nSPS) is 10.3. The number of nitrogens with one attached hydrogen (secondary N) is 1. The van der Waals surface area contributed by atoms with Crippen LogP contribution in [0.4, 0.5) is 5.13 Å². The monoisotopic (exact) mass is 260 g/mol. The van der Waals surface area contributed by atoms with Gasteiger partial charge in [0.1, 0.15) is 0 Å².